The predicted octanol–water partition coefficient (Wildman–Crippen LogP) is 2.35. The van der Waals surface area contributed by atoms with Gasteiger partial charge in [-0.2, -0.15) is 0 Å². The third-order valence-corrected chi connectivity index (χ3v) is 2.50. The molecule has 0 saturated heterocycles. The van der Waals surface area contributed by atoms with Crippen molar-refractivity contribution in [3.8, 4) is 0 Å². The van der Waals surface area contributed by atoms with Crippen LogP contribution in [0.3, 0.4) is 0 Å². The average Bonchev–Trinajstić information content (AvgIpc) is 2.63. The molecule has 0 saturated carbocycles. The third-order valence-electron chi connectivity index (χ3n) is 2.19. The summed E-state index contributed by atoms with van der Waals surface area (Å²) in [6, 6.07) is 3.56. The fourth-order valence-electron chi connectivity index (χ4n) is 1.53. The minimum atomic E-state index is -0.197. The van der Waals surface area contributed by atoms with E-state index in [2.05, 4.69) is 15.3 Å². The molecule has 2 rings (SSSR count). The second-order valence-corrected chi connectivity index (χ2v) is 4.26. The van der Waals surface area contributed by atoms with Crippen LogP contribution in [-0.4, -0.2) is 21.9 Å². The van der Waals surface area contributed by atoms with E-state index in [4.69, 9.17) is 11.6 Å². The van der Waals surface area contributed by atoms with Crippen LogP contribution in [0.2, 0.25) is 5.02 Å². The quantitative estimate of drug-likeness (QED) is 0.843. The molecule has 0 fully saturated rings. The zero-order chi connectivity index (χ0) is 11.7. The standard InChI is InChI=1S/C11H12ClN3O/c1-6(2)15-11(16)9-7(12)3-4-8-10(9)14-5-13-8/h3-6H,1-2H3,(H,13,14)(H,15,16). The summed E-state index contributed by atoms with van der Waals surface area (Å²) in [5.74, 6) is -0.197. The molecular weight excluding hydrogens is 226 g/mol. The number of amides is 1. The average molecular weight is 238 g/mol. The number of rotatable bonds is 2. The summed E-state index contributed by atoms with van der Waals surface area (Å²) >= 11 is 6.02. The van der Waals surface area contributed by atoms with Crippen molar-refractivity contribution in [1.82, 2.24) is 15.3 Å². The Labute approximate surface area is 98.0 Å². The van der Waals surface area contributed by atoms with Crippen LogP contribution in [0.5, 0.6) is 0 Å². The SMILES string of the molecule is CC(C)NC(=O)c1c(Cl)ccc2[nH]cnc12. The molecule has 0 aliphatic rings. The molecule has 16 heavy (non-hydrogen) atoms. The van der Waals surface area contributed by atoms with Crippen LogP contribution >= 0.6 is 11.6 Å². The Morgan fingerprint density at radius 1 is 1.50 bits per heavy atom. The summed E-state index contributed by atoms with van der Waals surface area (Å²) in [6.07, 6.45) is 1.55. The Kier molecular flexibility index (Phi) is 2.83. The number of H-pyrrole nitrogens is 1. The van der Waals surface area contributed by atoms with Crippen molar-refractivity contribution in [3.63, 3.8) is 0 Å². The fourth-order valence-corrected chi connectivity index (χ4v) is 1.77. The van der Waals surface area contributed by atoms with E-state index >= 15 is 0 Å². The van der Waals surface area contributed by atoms with Crippen molar-refractivity contribution in [3.05, 3.63) is 29.0 Å². The monoisotopic (exact) mass is 237 g/mol. The van der Waals surface area contributed by atoms with E-state index in [1.807, 2.05) is 13.8 Å². The first-order valence-corrected chi connectivity index (χ1v) is 5.40. The number of carbonyl (C=O) groups excluding carboxylic acids is 1. The smallest absolute Gasteiger partial charge is 0.255 e. The first-order chi connectivity index (χ1) is 7.59. The molecule has 0 atom stereocenters. The molecule has 0 bridgehead atoms. The topological polar surface area (TPSA) is 57.8 Å². The maximum absolute atomic E-state index is 11.9. The van der Waals surface area contributed by atoms with Gasteiger partial charge < -0.3 is 10.3 Å². The van der Waals surface area contributed by atoms with Gasteiger partial charge in [0.05, 0.1) is 22.4 Å². The van der Waals surface area contributed by atoms with Gasteiger partial charge in [0, 0.05) is 6.04 Å². The Morgan fingerprint density at radius 2 is 2.25 bits per heavy atom. The molecular formula is C11H12ClN3O. The van der Waals surface area contributed by atoms with Gasteiger partial charge in [0.2, 0.25) is 0 Å². The van der Waals surface area contributed by atoms with Crippen LogP contribution in [0.15, 0.2) is 18.5 Å². The van der Waals surface area contributed by atoms with Crippen LogP contribution < -0.4 is 5.32 Å². The largest absolute Gasteiger partial charge is 0.350 e. The van der Waals surface area contributed by atoms with Crippen molar-refractivity contribution < 1.29 is 4.79 Å². The predicted molar refractivity (Wildman–Crippen MR) is 63.7 cm³/mol. The molecule has 1 aromatic heterocycles. The van der Waals surface area contributed by atoms with E-state index in [1.165, 1.54) is 0 Å². The number of carbonyl (C=O) groups is 1. The van der Waals surface area contributed by atoms with Crippen LogP contribution in [0, 0.1) is 0 Å². The third kappa shape index (κ3) is 1.88. The van der Waals surface area contributed by atoms with Gasteiger partial charge in [-0.25, -0.2) is 4.98 Å². The number of hydrogen-bond acceptors (Lipinski definition) is 2. The van der Waals surface area contributed by atoms with Crippen molar-refractivity contribution in [2.45, 2.75) is 19.9 Å². The number of nitrogens with one attached hydrogen (secondary N) is 2. The van der Waals surface area contributed by atoms with Gasteiger partial charge in [0.1, 0.15) is 5.52 Å². The molecule has 0 spiro atoms. The Balaban J connectivity index is 2.53. The minimum absolute atomic E-state index is 0.0674. The molecule has 4 nitrogen and oxygen atoms in total. The van der Waals surface area contributed by atoms with Gasteiger partial charge in [0.25, 0.3) is 5.91 Å². The molecule has 1 aromatic carbocycles. The van der Waals surface area contributed by atoms with Crippen molar-refractivity contribution in [2.24, 2.45) is 0 Å². The zero-order valence-electron chi connectivity index (χ0n) is 9.04. The Morgan fingerprint density at radius 3 is 2.94 bits per heavy atom. The molecule has 0 unspecified atom stereocenters. The maximum atomic E-state index is 11.9. The van der Waals surface area contributed by atoms with Crippen LogP contribution in [0.1, 0.15) is 24.2 Å². The summed E-state index contributed by atoms with van der Waals surface area (Å²) in [5.41, 5.74) is 1.83. The van der Waals surface area contributed by atoms with Crippen LogP contribution in [0.25, 0.3) is 11.0 Å². The van der Waals surface area contributed by atoms with Gasteiger partial charge in [-0.3, -0.25) is 4.79 Å². The van der Waals surface area contributed by atoms with E-state index in [1.54, 1.807) is 18.5 Å². The molecule has 1 amide bonds. The number of nitrogens with zero attached hydrogens (tertiary/aromatic N) is 1. The van der Waals surface area contributed by atoms with Crippen molar-refractivity contribution in [2.75, 3.05) is 0 Å². The lowest BCUT2D eigenvalue weighted by atomic mass is 10.1. The summed E-state index contributed by atoms with van der Waals surface area (Å²) in [7, 11) is 0. The molecule has 1 heterocycles. The van der Waals surface area contributed by atoms with Gasteiger partial charge in [-0.15, -0.1) is 0 Å². The fraction of sp³-hybridized carbons (Fsp3) is 0.273. The van der Waals surface area contributed by atoms with E-state index < -0.39 is 0 Å². The van der Waals surface area contributed by atoms with Gasteiger partial charge >= 0.3 is 0 Å². The van der Waals surface area contributed by atoms with E-state index in [0.717, 1.165) is 5.52 Å². The number of aromatic amines is 1. The first kappa shape index (κ1) is 11.0. The van der Waals surface area contributed by atoms with E-state index in [9.17, 15) is 4.79 Å². The molecule has 84 valence electrons. The lowest BCUT2D eigenvalue weighted by molar-refractivity contribution is 0.0945. The Bertz CT molecular complexity index is 533. The Hall–Kier alpha value is -1.55. The van der Waals surface area contributed by atoms with Gasteiger partial charge in [0.15, 0.2) is 0 Å². The summed E-state index contributed by atoms with van der Waals surface area (Å²) in [6.45, 7) is 3.80. The number of hydrogen-bond donors (Lipinski definition) is 2. The number of imidazole rings is 1. The van der Waals surface area contributed by atoms with E-state index in [0.29, 0.717) is 16.1 Å². The summed E-state index contributed by atoms with van der Waals surface area (Å²) < 4.78 is 0. The van der Waals surface area contributed by atoms with Gasteiger partial charge in [-0.1, -0.05) is 11.6 Å². The number of aromatic nitrogens is 2. The lowest BCUT2D eigenvalue weighted by Crippen LogP contribution is -2.30. The van der Waals surface area contributed by atoms with Crippen LogP contribution in [-0.2, 0) is 0 Å². The second kappa shape index (κ2) is 4.14. The minimum Gasteiger partial charge on any atom is -0.350 e. The van der Waals surface area contributed by atoms with Gasteiger partial charge in [-0.05, 0) is 26.0 Å². The molecule has 0 aliphatic carbocycles. The van der Waals surface area contributed by atoms with Crippen molar-refractivity contribution >= 4 is 28.5 Å². The second-order valence-electron chi connectivity index (χ2n) is 3.85. The summed E-state index contributed by atoms with van der Waals surface area (Å²) in [5, 5.41) is 3.22. The molecule has 0 radical (unpaired) electrons. The molecule has 2 aromatic rings. The number of fused-ring (bicyclic) bond motifs is 1. The number of benzene rings is 1. The summed E-state index contributed by atoms with van der Waals surface area (Å²) in [4.78, 5) is 19.0. The first-order valence-electron chi connectivity index (χ1n) is 5.02. The van der Waals surface area contributed by atoms with Crippen LogP contribution in [0.4, 0.5) is 0 Å². The highest BCUT2D eigenvalue weighted by Crippen LogP contribution is 2.23. The highest BCUT2D eigenvalue weighted by Gasteiger charge is 2.16. The maximum Gasteiger partial charge on any atom is 0.255 e. The van der Waals surface area contributed by atoms with E-state index in [-0.39, 0.29) is 11.9 Å². The highest BCUT2D eigenvalue weighted by atomic mass is 35.5. The van der Waals surface area contributed by atoms with Crippen molar-refractivity contribution in [1.29, 1.82) is 0 Å². The molecule has 5 heteroatoms. The highest BCUT2D eigenvalue weighted by molar-refractivity contribution is 6.35. The number of halogens is 1. The normalized spacial score (nSPS) is 11.0. The lowest BCUT2D eigenvalue weighted by Gasteiger charge is -2.09. The zero-order valence-corrected chi connectivity index (χ0v) is 9.80. The molecule has 0 aliphatic heterocycles. The molecule has 2 N–H and O–H groups in total.